The average molecular weight is 315 g/mol. The van der Waals surface area contributed by atoms with Crippen LogP contribution in [-0.4, -0.2) is 30.0 Å². The highest BCUT2D eigenvalue weighted by Gasteiger charge is 2.17. The van der Waals surface area contributed by atoms with Crippen LogP contribution in [0.4, 0.5) is 0 Å². The first-order valence-electron chi connectivity index (χ1n) is 7.78. The van der Waals surface area contributed by atoms with E-state index in [-0.39, 0.29) is 11.9 Å². The minimum absolute atomic E-state index is 0.0619. The van der Waals surface area contributed by atoms with Gasteiger partial charge in [0.15, 0.2) is 0 Å². The molecule has 4 nitrogen and oxygen atoms in total. The molecule has 1 aliphatic rings. The zero-order valence-electron chi connectivity index (χ0n) is 12.8. The Kier molecular flexibility index (Phi) is 4.85. The Balaban J connectivity index is 1.61. The quantitative estimate of drug-likeness (QED) is 0.891. The second-order valence-corrected chi connectivity index (χ2v) is 6.49. The van der Waals surface area contributed by atoms with Crippen molar-refractivity contribution in [2.24, 2.45) is 0 Å². The first-order valence-corrected chi connectivity index (χ1v) is 8.66. The number of hydrogen-bond acceptors (Lipinski definition) is 4. The van der Waals surface area contributed by atoms with Crippen molar-refractivity contribution < 1.29 is 4.79 Å². The highest BCUT2D eigenvalue weighted by Crippen LogP contribution is 2.24. The summed E-state index contributed by atoms with van der Waals surface area (Å²) < 4.78 is 0. The van der Waals surface area contributed by atoms with Crippen LogP contribution in [0, 0.1) is 0 Å². The molecule has 1 amide bonds. The van der Waals surface area contributed by atoms with Gasteiger partial charge in [-0.2, -0.15) is 0 Å². The Morgan fingerprint density at radius 1 is 1.41 bits per heavy atom. The van der Waals surface area contributed by atoms with Gasteiger partial charge in [-0.25, -0.2) is 4.98 Å². The highest BCUT2D eigenvalue weighted by molar-refractivity contribution is 7.13. The summed E-state index contributed by atoms with van der Waals surface area (Å²) in [5.41, 5.74) is 3.29. The van der Waals surface area contributed by atoms with Crippen molar-refractivity contribution >= 4 is 17.2 Å². The van der Waals surface area contributed by atoms with Crippen LogP contribution in [-0.2, 0) is 17.6 Å². The number of nitrogens with one attached hydrogen (secondary N) is 2. The molecule has 116 valence electrons. The van der Waals surface area contributed by atoms with Crippen molar-refractivity contribution in [2.75, 3.05) is 13.1 Å². The fourth-order valence-corrected chi connectivity index (χ4v) is 3.45. The summed E-state index contributed by atoms with van der Waals surface area (Å²) in [5.74, 6) is 0.0619. The van der Waals surface area contributed by atoms with Crippen LogP contribution in [0.5, 0.6) is 0 Å². The molecule has 2 N–H and O–H groups in total. The number of rotatable bonds is 5. The van der Waals surface area contributed by atoms with E-state index in [0.717, 1.165) is 42.2 Å². The van der Waals surface area contributed by atoms with E-state index in [9.17, 15) is 4.79 Å². The smallest absolute Gasteiger partial charge is 0.226 e. The Morgan fingerprint density at radius 3 is 2.91 bits per heavy atom. The number of benzene rings is 1. The summed E-state index contributed by atoms with van der Waals surface area (Å²) >= 11 is 1.60. The monoisotopic (exact) mass is 315 g/mol. The second kappa shape index (κ2) is 7.03. The molecule has 3 rings (SSSR count). The van der Waals surface area contributed by atoms with Crippen molar-refractivity contribution in [1.82, 2.24) is 15.6 Å². The van der Waals surface area contributed by atoms with Crippen molar-refractivity contribution in [1.29, 1.82) is 0 Å². The Bertz CT molecular complexity index is 630. The molecule has 1 atom stereocenters. The van der Waals surface area contributed by atoms with Crippen molar-refractivity contribution in [2.45, 2.75) is 32.2 Å². The molecule has 2 aromatic rings. The molecule has 0 aliphatic carbocycles. The lowest BCUT2D eigenvalue weighted by atomic mass is 10.1. The van der Waals surface area contributed by atoms with Gasteiger partial charge in [-0.3, -0.25) is 4.79 Å². The van der Waals surface area contributed by atoms with Gasteiger partial charge in [0.2, 0.25) is 5.91 Å². The number of aryl methyl sites for hydroxylation is 1. The van der Waals surface area contributed by atoms with Crippen LogP contribution in [0.15, 0.2) is 29.6 Å². The molecule has 0 saturated carbocycles. The van der Waals surface area contributed by atoms with E-state index in [1.165, 1.54) is 5.56 Å². The van der Waals surface area contributed by atoms with Crippen LogP contribution in [0.3, 0.4) is 0 Å². The largest absolute Gasteiger partial charge is 0.352 e. The molecule has 0 bridgehead atoms. The molecular weight excluding hydrogens is 294 g/mol. The summed E-state index contributed by atoms with van der Waals surface area (Å²) in [6.07, 6.45) is 2.41. The summed E-state index contributed by atoms with van der Waals surface area (Å²) in [7, 11) is 0. The topological polar surface area (TPSA) is 54.0 Å². The second-order valence-electron chi connectivity index (χ2n) is 5.63. The minimum atomic E-state index is 0.0619. The molecule has 1 aliphatic heterocycles. The zero-order chi connectivity index (χ0) is 15.4. The van der Waals surface area contributed by atoms with Gasteiger partial charge in [-0.15, -0.1) is 11.3 Å². The normalized spacial score (nSPS) is 17.6. The van der Waals surface area contributed by atoms with Gasteiger partial charge in [-0.05, 0) is 24.9 Å². The fourth-order valence-electron chi connectivity index (χ4n) is 2.62. The van der Waals surface area contributed by atoms with Crippen molar-refractivity contribution in [3.05, 3.63) is 40.9 Å². The van der Waals surface area contributed by atoms with E-state index in [1.54, 1.807) is 11.3 Å². The number of nitrogens with zero attached hydrogens (tertiary/aromatic N) is 1. The molecule has 1 unspecified atom stereocenters. The highest BCUT2D eigenvalue weighted by atomic mass is 32.1. The van der Waals surface area contributed by atoms with Crippen molar-refractivity contribution in [3.8, 4) is 10.6 Å². The first kappa shape index (κ1) is 15.2. The molecule has 1 aromatic carbocycles. The SMILES string of the molecule is CCc1ccc(-c2nc(CC(=O)NC3CCNC3)cs2)cc1. The summed E-state index contributed by atoms with van der Waals surface area (Å²) in [6.45, 7) is 4.01. The average Bonchev–Trinajstić information content (AvgIpc) is 3.19. The number of amides is 1. The van der Waals surface area contributed by atoms with Crippen LogP contribution >= 0.6 is 11.3 Å². The number of carbonyl (C=O) groups excluding carboxylic acids is 1. The third kappa shape index (κ3) is 3.72. The molecule has 5 heteroatoms. The third-order valence-corrected chi connectivity index (χ3v) is 4.87. The maximum absolute atomic E-state index is 12.0. The number of carbonyl (C=O) groups is 1. The van der Waals surface area contributed by atoms with E-state index < -0.39 is 0 Å². The summed E-state index contributed by atoms with van der Waals surface area (Å²) in [6, 6.07) is 8.75. The fraction of sp³-hybridized carbons (Fsp3) is 0.412. The number of thiazole rings is 1. The van der Waals surface area contributed by atoms with E-state index >= 15 is 0 Å². The van der Waals surface area contributed by atoms with Crippen LogP contribution in [0.1, 0.15) is 24.6 Å². The van der Waals surface area contributed by atoms with Gasteiger partial charge in [0.25, 0.3) is 0 Å². The lowest BCUT2D eigenvalue weighted by molar-refractivity contribution is -0.121. The van der Waals surface area contributed by atoms with Gasteiger partial charge >= 0.3 is 0 Å². The predicted molar refractivity (Wildman–Crippen MR) is 90.0 cm³/mol. The summed E-state index contributed by atoms with van der Waals surface area (Å²) in [5, 5.41) is 9.26. The number of hydrogen-bond donors (Lipinski definition) is 2. The Morgan fingerprint density at radius 2 is 2.23 bits per heavy atom. The van der Waals surface area contributed by atoms with Gasteiger partial charge in [-0.1, -0.05) is 31.2 Å². The minimum Gasteiger partial charge on any atom is -0.352 e. The first-order chi connectivity index (χ1) is 10.7. The van der Waals surface area contributed by atoms with Gasteiger partial charge in [0.05, 0.1) is 12.1 Å². The van der Waals surface area contributed by atoms with Gasteiger partial charge < -0.3 is 10.6 Å². The molecule has 2 heterocycles. The van der Waals surface area contributed by atoms with Crippen molar-refractivity contribution in [3.63, 3.8) is 0 Å². The zero-order valence-corrected chi connectivity index (χ0v) is 13.6. The Hall–Kier alpha value is -1.72. The number of aromatic nitrogens is 1. The maximum atomic E-state index is 12.0. The predicted octanol–water partition coefficient (Wildman–Crippen LogP) is 2.39. The molecular formula is C17H21N3OS. The van der Waals surface area contributed by atoms with Gasteiger partial charge in [0.1, 0.15) is 5.01 Å². The molecule has 1 fully saturated rings. The lowest BCUT2D eigenvalue weighted by Gasteiger charge is -2.10. The molecule has 1 aromatic heterocycles. The lowest BCUT2D eigenvalue weighted by Crippen LogP contribution is -2.37. The van der Waals surface area contributed by atoms with E-state index in [0.29, 0.717) is 6.42 Å². The molecule has 0 radical (unpaired) electrons. The van der Waals surface area contributed by atoms with Gasteiger partial charge in [0, 0.05) is 23.5 Å². The third-order valence-electron chi connectivity index (χ3n) is 3.93. The standard InChI is InChI=1S/C17H21N3OS/c1-2-12-3-5-13(6-4-12)17-20-15(11-22-17)9-16(21)19-14-7-8-18-10-14/h3-6,11,14,18H,2,7-10H2,1H3,(H,19,21). The maximum Gasteiger partial charge on any atom is 0.226 e. The summed E-state index contributed by atoms with van der Waals surface area (Å²) in [4.78, 5) is 16.6. The Labute approximate surface area is 135 Å². The van der Waals surface area contributed by atoms with E-state index in [2.05, 4.69) is 46.8 Å². The van der Waals surface area contributed by atoms with Crippen LogP contribution in [0.2, 0.25) is 0 Å². The molecule has 1 saturated heterocycles. The van der Waals surface area contributed by atoms with Crippen LogP contribution < -0.4 is 10.6 Å². The van der Waals surface area contributed by atoms with E-state index in [1.807, 2.05) is 5.38 Å². The molecule has 0 spiro atoms. The van der Waals surface area contributed by atoms with Crippen LogP contribution in [0.25, 0.3) is 10.6 Å². The molecule has 22 heavy (non-hydrogen) atoms. The van der Waals surface area contributed by atoms with E-state index in [4.69, 9.17) is 0 Å².